The molecule has 0 unspecified atom stereocenters. The molecule has 0 spiro atoms. The Kier molecular flexibility index (Phi) is 1.54. The van der Waals surface area contributed by atoms with Crippen LogP contribution in [0.15, 0.2) is 30.3 Å². The molecule has 5 heteroatoms. The van der Waals surface area contributed by atoms with Gasteiger partial charge in [0.05, 0.1) is 10.5 Å². The van der Waals surface area contributed by atoms with Crippen molar-refractivity contribution in [3.05, 3.63) is 46.0 Å². The third-order valence-electron chi connectivity index (χ3n) is 2.56. The Morgan fingerprint density at radius 2 is 2.06 bits per heavy atom. The van der Waals surface area contributed by atoms with Crippen LogP contribution in [0.25, 0.3) is 10.8 Å². The standard InChI is InChI=1S/C11H5NO4/c13-11-8-5-7(12(14)15)4-6-2-1-3-9(16-11)10(6)8/h1-5H. The minimum Gasteiger partial charge on any atom is -0.422 e. The van der Waals surface area contributed by atoms with Crippen LogP contribution in [-0.4, -0.2) is 10.9 Å². The summed E-state index contributed by atoms with van der Waals surface area (Å²) in [7, 11) is 0. The zero-order valence-electron chi connectivity index (χ0n) is 7.97. The van der Waals surface area contributed by atoms with Gasteiger partial charge in [0.15, 0.2) is 0 Å². The first kappa shape index (κ1) is 8.84. The summed E-state index contributed by atoms with van der Waals surface area (Å²) >= 11 is 0. The molecule has 1 aliphatic rings. The highest BCUT2D eigenvalue weighted by molar-refractivity contribution is 6.13. The van der Waals surface area contributed by atoms with Crippen LogP contribution in [0.2, 0.25) is 0 Å². The second-order valence-corrected chi connectivity index (χ2v) is 3.49. The molecule has 0 radical (unpaired) electrons. The number of carbonyl (C=O) groups excluding carboxylic acids is 1. The molecule has 5 nitrogen and oxygen atoms in total. The lowest BCUT2D eigenvalue weighted by Gasteiger charge is -1.97. The van der Waals surface area contributed by atoms with E-state index < -0.39 is 10.9 Å². The fourth-order valence-electron chi connectivity index (χ4n) is 1.88. The highest BCUT2D eigenvalue weighted by atomic mass is 16.6. The maximum atomic E-state index is 11.5. The number of rotatable bonds is 1. The van der Waals surface area contributed by atoms with Gasteiger partial charge in [-0.05, 0) is 11.5 Å². The second-order valence-electron chi connectivity index (χ2n) is 3.49. The molecule has 0 bridgehead atoms. The largest absolute Gasteiger partial charge is 0.422 e. The van der Waals surface area contributed by atoms with Crippen LogP contribution in [0.3, 0.4) is 0 Å². The van der Waals surface area contributed by atoms with Gasteiger partial charge < -0.3 is 4.74 Å². The first-order valence-corrected chi connectivity index (χ1v) is 4.60. The molecule has 2 aromatic rings. The van der Waals surface area contributed by atoms with E-state index in [0.717, 1.165) is 0 Å². The lowest BCUT2D eigenvalue weighted by atomic mass is 10.0. The number of nitrogens with zero attached hydrogens (tertiary/aromatic N) is 1. The Hall–Kier alpha value is -2.43. The fourth-order valence-corrected chi connectivity index (χ4v) is 1.88. The number of benzene rings is 2. The number of carbonyl (C=O) groups is 1. The first-order chi connectivity index (χ1) is 7.66. The molecule has 16 heavy (non-hydrogen) atoms. The Morgan fingerprint density at radius 1 is 1.25 bits per heavy atom. The van der Waals surface area contributed by atoms with Crippen LogP contribution in [0, 0.1) is 10.1 Å². The van der Waals surface area contributed by atoms with Gasteiger partial charge in [0.1, 0.15) is 5.75 Å². The van der Waals surface area contributed by atoms with E-state index in [1.165, 1.54) is 12.1 Å². The van der Waals surface area contributed by atoms with E-state index in [4.69, 9.17) is 4.74 Å². The molecule has 3 rings (SSSR count). The van der Waals surface area contributed by atoms with Crippen LogP contribution in [0.4, 0.5) is 5.69 Å². The zero-order chi connectivity index (χ0) is 11.3. The smallest absolute Gasteiger partial charge is 0.344 e. The highest BCUT2D eigenvalue weighted by Gasteiger charge is 2.26. The van der Waals surface area contributed by atoms with Crippen LogP contribution in [-0.2, 0) is 0 Å². The normalized spacial score (nSPS) is 12.9. The summed E-state index contributed by atoms with van der Waals surface area (Å²) in [4.78, 5) is 21.6. The highest BCUT2D eigenvalue weighted by Crippen LogP contribution is 2.37. The lowest BCUT2D eigenvalue weighted by Crippen LogP contribution is -2.01. The number of esters is 1. The number of hydrogen-bond donors (Lipinski definition) is 0. The average Bonchev–Trinajstić information content (AvgIpc) is 2.58. The maximum Gasteiger partial charge on any atom is 0.344 e. The van der Waals surface area contributed by atoms with Crippen molar-refractivity contribution in [3.63, 3.8) is 0 Å². The van der Waals surface area contributed by atoms with E-state index in [0.29, 0.717) is 16.5 Å². The Bertz CT molecular complexity index is 648. The van der Waals surface area contributed by atoms with Gasteiger partial charge in [-0.3, -0.25) is 10.1 Å². The summed E-state index contributed by atoms with van der Waals surface area (Å²) < 4.78 is 5.00. The summed E-state index contributed by atoms with van der Waals surface area (Å²) in [6.45, 7) is 0. The Balaban J connectivity index is 2.45. The average molecular weight is 215 g/mol. The molecule has 0 amide bonds. The van der Waals surface area contributed by atoms with E-state index in [1.807, 2.05) is 0 Å². The molecular formula is C11H5NO4. The van der Waals surface area contributed by atoms with Gasteiger partial charge in [0, 0.05) is 17.5 Å². The summed E-state index contributed by atoms with van der Waals surface area (Å²) in [5, 5.41) is 12.0. The van der Waals surface area contributed by atoms with Crippen molar-refractivity contribution in [1.82, 2.24) is 0 Å². The third kappa shape index (κ3) is 1.02. The molecule has 1 aliphatic heterocycles. The quantitative estimate of drug-likeness (QED) is 0.316. The monoisotopic (exact) mass is 215 g/mol. The molecule has 78 valence electrons. The van der Waals surface area contributed by atoms with Crippen LogP contribution < -0.4 is 4.74 Å². The number of nitro benzene ring substituents is 1. The maximum absolute atomic E-state index is 11.5. The van der Waals surface area contributed by atoms with E-state index in [2.05, 4.69) is 0 Å². The minimum absolute atomic E-state index is 0.0986. The topological polar surface area (TPSA) is 69.4 Å². The minimum atomic E-state index is -0.532. The van der Waals surface area contributed by atoms with Gasteiger partial charge in [-0.2, -0.15) is 0 Å². The van der Waals surface area contributed by atoms with E-state index >= 15 is 0 Å². The van der Waals surface area contributed by atoms with Gasteiger partial charge in [-0.15, -0.1) is 0 Å². The predicted molar refractivity (Wildman–Crippen MR) is 55.6 cm³/mol. The van der Waals surface area contributed by atoms with Crippen LogP contribution in [0.1, 0.15) is 10.4 Å². The number of non-ortho nitro benzene ring substituents is 1. The van der Waals surface area contributed by atoms with Crippen molar-refractivity contribution in [1.29, 1.82) is 0 Å². The Morgan fingerprint density at radius 3 is 2.81 bits per heavy atom. The van der Waals surface area contributed by atoms with E-state index in [1.54, 1.807) is 18.2 Å². The number of ether oxygens (including phenoxy) is 1. The predicted octanol–water partition coefficient (Wildman–Crippen LogP) is 2.28. The second kappa shape index (κ2) is 2.79. The van der Waals surface area contributed by atoms with Crippen LogP contribution in [0.5, 0.6) is 5.75 Å². The fraction of sp³-hybridized carbons (Fsp3) is 0. The van der Waals surface area contributed by atoms with Crippen molar-refractivity contribution in [2.45, 2.75) is 0 Å². The molecule has 0 fully saturated rings. The molecule has 2 aromatic carbocycles. The van der Waals surface area contributed by atoms with E-state index in [9.17, 15) is 14.9 Å². The zero-order valence-corrected chi connectivity index (χ0v) is 7.97. The van der Waals surface area contributed by atoms with Crippen molar-refractivity contribution < 1.29 is 14.5 Å². The van der Waals surface area contributed by atoms with Gasteiger partial charge in [-0.25, -0.2) is 4.79 Å². The SMILES string of the molecule is O=C1Oc2cccc3cc([N+](=O)[O-])cc1c23. The van der Waals surface area contributed by atoms with E-state index in [-0.39, 0.29) is 11.3 Å². The van der Waals surface area contributed by atoms with Gasteiger partial charge >= 0.3 is 5.97 Å². The molecular weight excluding hydrogens is 210 g/mol. The first-order valence-electron chi connectivity index (χ1n) is 4.60. The van der Waals surface area contributed by atoms with Crippen LogP contribution >= 0.6 is 0 Å². The lowest BCUT2D eigenvalue weighted by molar-refractivity contribution is -0.384. The van der Waals surface area contributed by atoms with Gasteiger partial charge in [-0.1, -0.05) is 12.1 Å². The van der Waals surface area contributed by atoms with Crippen molar-refractivity contribution in [3.8, 4) is 5.75 Å². The van der Waals surface area contributed by atoms with Crippen molar-refractivity contribution in [2.75, 3.05) is 0 Å². The summed E-state index contributed by atoms with van der Waals surface area (Å²) in [5.41, 5.74) is 0.165. The molecule has 0 aliphatic carbocycles. The number of hydrogen-bond acceptors (Lipinski definition) is 4. The summed E-state index contributed by atoms with van der Waals surface area (Å²) in [6.07, 6.45) is 0. The molecule has 0 aromatic heterocycles. The molecule has 0 saturated carbocycles. The number of nitro groups is 1. The van der Waals surface area contributed by atoms with Crippen molar-refractivity contribution >= 4 is 22.4 Å². The summed E-state index contributed by atoms with van der Waals surface area (Å²) in [6, 6.07) is 7.77. The van der Waals surface area contributed by atoms with Gasteiger partial charge in [0.2, 0.25) is 0 Å². The molecule has 0 saturated heterocycles. The van der Waals surface area contributed by atoms with Gasteiger partial charge in [0.25, 0.3) is 5.69 Å². The Labute approximate surface area is 89.4 Å². The third-order valence-corrected chi connectivity index (χ3v) is 2.56. The molecule has 0 atom stereocenters. The summed E-state index contributed by atoms with van der Waals surface area (Å²) in [5.74, 6) is -0.0673. The molecule has 1 heterocycles. The van der Waals surface area contributed by atoms with Crippen molar-refractivity contribution in [2.24, 2.45) is 0 Å². The molecule has 0 N–H and O–H groups in total.